The summed E-state index contributed by atoms with van der Waals surface area (Å²) in [5.41, 5.74) is 7.23. The first kappa shape index (κ1) is 15.1. The van der Waals surface area contributed by atoms with Crippen LogP contribution in [0.1, 0.15) is 31.9 Å². The second-order valence-electron chi connectivity index (χ2n) is 5.66. The Morgan fingerprint density at radius 3 is 2.06 bits per heavy atom. The maximum atomic E-state index is 11.8. The van der Waals surface area contributed by atoms with E-state index in [1.165, 1.54) is 0 Å². The van der Waals surface area contributed by atoms with E-state index < -0.39 is 10.0 Å². The first-order chi connectivity index (χ1) is 8.22. The van der Waals surface area contributed by atoms with Gasteiger partial charge in [0, 0.05) is 13.1 Å². The number of rotatable bonds is 5. The molecule has 1 aromatic rings. The third kappa shape index (κ3) is 5.62. The van der Waals surface area contributed by atoms with Crippen LogP contribution in [-0.4, -0.2) is 14.2 Å². The van der Waals surface area contributed by atoms with Gasteiger partial charge in [-0.2, -0.15) is 0 Å². The predicted molar refractivity (Wildman–Crippen MR) is 74.4 cm³/mol. The molecule has 0 saturated heterocycles. The van der Waals surface area contributed by atoms with E-state index in [9.17, 15) is 8.42 Å². The van der Waals surface area contributed by atoms with Crippen LogP contribution in [0.15, 0.2) is 24.3 Å². The van der Waals surface area contributed by atoms with Gasteiger partial charge >= 0.3 is 0 Å². The van der Waals surface area contributed by atoms with Crippen molar-refractivity contribution in [3.8, 4) is 0 Å². The quantitative estimate of drug-likeness (QED) is 0.854. The molecular formula is C13H22N2O2S. The average Bonchev–Trinajstić information content (AvgIpc) is 2.24. The molecule has 0 saturated carbocycles. The van der Waals surface area contributed by atoms with E-state index in [0.717, 1.165) is 11.1 Å². The summed E-state index contributed by atoms with van der Waals surface area (Å²) in [7, 11) is -3.23. The summed E-state index contributed by atoms with van der Waals surface area (Å²) in [6.45, 7) is 6.53. The Morgan fingerprint density at radius 2 is 1.61 bits per heavy atom. The molecule has 1 rings (SSSR count). The average molecular weight is 270 g/mol. The molecule has 5 heteroatoms. The van der Waals surface area contributed by atoms with Crippen LogP contribution in [0.5, 0.6) is 0 Å². The van der Waals surface area contributed by atoms with E-state index in [1.54, 1.807) is 0 Å². The summed E-state index contributed by atoms with van der Waals surface area (Å²) >= 11 is 0. The van der Waals surface area contributed by atoms with E-state index in [2.05, 4.69) is 4.72 Å². The Bertz CT molecular complexity index is 473. The molecule has 0 heterocycles. The Hall–Kier alpha value is -0.910. The van der Waals surface area contributed by atoms with Gasteiger partial charge in [-0.05, 0) is 16.5 Å². The lowest BCUT2D eigenvalue weighted by atomic mass is 10.0. The highest BCUT2D eigenvalue weighted by molar-refractivity contribution is 7.89. The Labute approximate surface area is 110 Å². The fourth-order valence-corrected chi connectivity index (χ4v) is 3.24. The van der Waals surface area contributed by atoms with Crippen molar-refractivity contribution in [1.29, 1.82) is 0 Å². The number of benzene rings is 1. The first-order valence-corrected chi connectivity index (χ1v) is 7.62. The third-order valence-corrected chi connectivity index (χ3v) is 4.21. The molecule has 1 aromatic carbocycles. The summed E-state index contributed by atoms with van der Waals surface area (Å²) in [5, 5.41) is 0. The van der Waals surface area contributed by atoms with Crippen molar-refractivity contribution in [2.45, 2.75) is 33.9 Å². The van der Waals surface area contributed by atoms with Crippen molar-refractivity contribution < 1.29 is 8.42 Å². The molecule has 0 aliphatic rings. The van der Waals surface area contributed by atoms with E-state index in [-0.39, 0.29) is 11.2 Å². The van der Waals surface area contributed by atoms with Crippen LogP contribution >= 0.6 is 0 Å². The van der Waals surface area contributed by atoms with Crippen LogP contribution in [0, 0.1) is 5.41 Å². The van der Waals surface area contributed by atoms with E-state index in [1.807, 2.05) is 45.0 Å². The molecule has 0 aliphatic carbocycles. The van der Waals surface area contributed by atoms with Gasteiger partial charge in [0.2, 0.25) is 10.0 Å². The molecule has 0 unspecified atom stereocenters. The minimum atomic E-state index is -3.23. The van der Waals surface area contributed by atoms with Gasteiger partial charge in [0.15, 0.2) is 0 Å². The SMILES string of the molecule is CC(C)(C)CS(=O)(=O)NCc1ccc(CN)cc1. The number of hydrogen-bond donors (Lipinski definition) is 2. The minimum absolute atomic E-state index is 0.126. The van der Waals surface area contributed by atoms with Gasteiger partial charge in [0.05, 0.1) is 5.75 Å². The van der Waals surface area contributed by atoms with Crippen LogP contribution in [0.3, 0.4) is 0 Å². The zero-order valence-electron chi connectivity index (χ0n) is 11.2. The lowest BCUT2D eigenvalue weighted by Crippen LogP contribution is -2.31. The second kappa shape index (κ2) is 5.82. The van der Waals surface area contributed by atoms with Crippen molar-refractivity contribution >= 4 is 10.0 Å². The van der Waals surface area contributed by atoms with Gasteiger partial charge in [0.1, 0.15) is 0 Å². The molecule has 0 fully saturated rings. The molecule has 102 valence electrons. The molecule has 4 nitrogen and oxygen atoms in total. The summed E-state index contributed by atoms with van der Waals surface area (Å²) in [5.74, 6) is 0.126. The first-order valence-electron chi connectivity index (χ1n) is 5.97. The van der Waals surface area contributed by atoms with Gasteiger partial charge in [-0.1, -0.05) is 45.0 Å². The Morgan fingerprint density at radius 1 is 1.11 bits per heavy atom. The zero-order chi connectivity index (χ0) is 13.8. The number of hydrogen-bond acceptors (Lipinski definition) is 3. The monoisotopic (exact) mass is 270 g/mol. The van der Waals surface area contributed by atoms with Crippen molar-refractivity contribution in [2.75, 3.05) is 5.75 Å². The van der Waals surface area contributed by atoms with E-state index in [0.29, 0.717) is 13.1 Å². The molecular weight excluding hydrogens is 248 g/mol. The highest BCUT2D eigenvalue weighted by Gasteiger charge is 2.20. The van der Waals surface area contributed by atoms with Crippen LogP contribution < -0.4 is 10.5 Å². The maximum absolute atomic E-state index is 11.8. The molecule has 18 heavy (non-hydrogen) atoms. The number of sulfonamides is 1. The lowest BCUT2D eigenvalue weighted by molar-refractivity contribution is 0.458. The highest BCUT2D eigenvalue weighted by atomic mass is 32.2. The standard InChI is InChI=1S/C13H22N2O2S/c1-13(2,3)10-18(16,17)15-9-12-6-4-11(8-14)5-7-12/h4-7,15H,8-10,14H2,1-3H3. The third-order valence-electron chi connectivity index (χ3n) is 2.38. The van der Waals surface area contributed by atoms with Crippen molar-refractivity contribution in [1.82, 2.24) is 4.72 Å². The van der Waals surface area contributed by atoms with Gasteiger partial charge < -0.3 is 5.73 Å². The largest absolute Gasteiger partial charge is 0.326 e. The Kier molecular flexibility index (Phi) is 4.90. The van der Waals surface area contributed by atoms with Gasteiger partial charge in [-0.3, -0.25) is 0 Å². The summed E-state index contributed by atoms with van der Waals surface area (Å²) in [6, 6.07) is 7.60. The normalized spacial score (nSPS) is 12.7. The summed E-state index contributed by atoms with van der Waals surface area (Å²) in [6.07, 6.45) is 0. The number of nitrogens with two attached hydrogens (primary N) is 1. The molecule has 0 spiro atoms. The molecule has 0 radical (unpaired) electrons. The van der Waals surface area contributed by atoms with Crippen LogP contribution in [0.4, 0.5) is 0 Å². The van der Waals surface area contributed by atoms with E-state index in [4.69, 9.17) is 5.73 Å². The number of nitrogens with one attached hydrogen (secondary N) is 1. The molecule has 0 aromatic heterocycles. The topological polar surface area (TPSA) is 72.2 Å². The molecule has 0 aliphatic heterocycles. The molecule has 3 N–H and O–H groups in total. The van der Waals surface area contributed by atoms with Gasteiger partial charge in [0.25, 0.3) is 0 Å². The molecule has 0 amide bonds. The second-order valence-corrected chi connectivity index (χ2v) is 7.47. The lowest BCUT2D eigenvalue weighted by Gasteiger charge is -2.18. The highest BCUT2D eigenvalue weighted by Crippen LogP contribution is 2.15. The Balaban J connectivity index is 2.59. The van der Waals surface area contributed by atoms with Crippen molar-refractivity contribution in [3.05, 3.63) is 35.4 Å². The van der Waals surface area contributed by atoms with Crippen LogP contribution in [0.25, 0.3) is 0 Å². The zero-order valence-corrected chi connectivity index (χ0v) is 12.0. The fraction of sp³-hybridized carbons (Fsp3) is 0.538. The fourth-order valence-electron chi connectivity index (χ4n) is 1.61. The van der Waals surface area contributed by atoms with Crippen LogP contribution in [0.2, 0.25) is 0 Å². The summed E-state index contributed by atoms with van der Waals surface area (Å²) in [4.78, 5) is 0. The van der Waals surface area contributed by atoms with Gasteiger partial charge in [-0.15, -0.1) is 0 Å². The molecule has 0 bridgehead atoms. The van der Waals surface area contributed by atoms with Crippen molar-refractivity contribution in [3.63, 3.8) is 0 Å². The smallest absolute Gasteiger partial charge is 0.212 e. The van der Waals surface area contributed by atoms with Crippen LogP contribution in [-0.2, 0) is 23.1 Å². The minimum Gasteiger partial charge on any atom is -0.326 e. The van der Waals surface area contributed by atoms with Gasteiger partial charge in [-0.25, -0.2) is 13.1 Å². The van der Waals surface area contributed by atoms with E-state index >= 15 is 0 Å². The summed E-state index contributed by atoms with van der Waals surface area (Å²) < 4.78 is 26.2. The maximum Gasteiger partial charge on any atom is 0.212 e. The molecule has 0 atom stereocenters. The van der Waals surface area contributed by atoms with Crippen molar-refractivity contribution in [2.24, 2.45) is 11.1 Å². The predicted octanol–water partition coefficient (Wildman–Crippen LogP) is 1.61.